The van der Waals surface area contributed by atoms with E-state index in [1.165, 1.54) is 6.20 Å². The van der Waals surface area contributed by atoms with E-state index in [1.807, 2.05) is 24.3 Å². The van der Waals surface area contributed by atoms with E-state index in [4.69, 9.17) is 4.74 Å². The van der Waals surface area contributed by atoms with Crippen molar-refractivity contribution in [2.75, 3.05) is 13.7 Å². The fourth-order valence-electron chi connectivity index (χ4n) is 2.41. The minimum atomic E-state index is -0.800. The first kappa shape index (κ1) is 18.2. The molecule has 0 spiro atoms. The SMILES string of the molecule is COc1ccc(C(O)CNC(=O)c2cnn(-c3ccc(Br)cc3)c2)cc1. The van der Waals surface area contributed by atoms with Crippen LogP contribution in [0.4, 0.5) is 0 Å². The average Bonchev–Trinajstić information content (AvgIpc) is 3.16. The van der Waals surface area contributed by atoms with Crippen LogP contribution in [0.3, 0.4) is 0 Å². The highest BCUT2D eigenvalue weighted by atomic mass is 79.9. The Kier molecular flexibility index (Phi) is 5.70. The average molecular weight is 416 g/mol. The molecule has 1 atom stereocenters. The van der Waals surface area contributed by atoms with Gasteiger partial charge in [0.05, 0.1) is 30.7 Å². The van der Waals surface area contributed by atoms with Crippen LogP contribution in [-0.2, 0) is 0 Å². The molecule has 0 saturated carbocycles. The summed E-state index contributed by atoms with van der Waals surface area (Å²) < 4.78 is 7.68. The van der Waals surface area contributed by atoms with Crippen LogP contribution >= 0.6 is 15.9 Å². The molecule has 0 aliphatic heterocycles. The molecule has 3 rings (SSSR count). The van der Waals surface area contributed by atoms with Gasteiger partial charge in [-0.05, 0) is 42.0 Å². The lowest BCUT2D eigenvalue weighted by atomic mass is 10.1. The number of aromatic nitrogens is 2. The zero-order valence-electron chi connectivity index (χ0n) is 14.1. The monoisotopic (exact) mass is 415 g/mol. The lowest BCUT2D eigenvalue weighted by molar-refractivity contribution is 0.0916. The molecule has 0 aliphatic rings. The fourth-order valence-corrected chi connectivity index (χ4v) is 2.67. The summed E-state index contributed by atoms with van der Waals surface area (Å²) in [6.07, 6.45) is 2.35. The Hall–Kier alpha value is -2.64. The molecule has 6 nitrogen and oxygen atoms in total. The number of nitrogens with one attached hydrogen (secondary N) is 1. The van der Waals surface area contributed by atoms with Gasteiger partial charge in [0, 0.05) is 17.2 Å². The molecule has 0 aliphatic carbocycles. The topological polar surface area (TPSA) is 76.4 Å². The first-order valence-electron chi connectivity index (χ1n) is 7.97. The Morgan fingerprint density at radius 3 is 2.58 bits per heavy atom. The number of aliphatic hydroxyl groups is 1. The second-order valence-corrected chi connectivity index (χ2v) is 6.56. The molecule has 1 unspecified atom stereocenters. The molecular formula is C19H18BrN3O3. The summed E-state index contributed by atoms with van der Waals surface area (Å²) in [6.45, 7) is 0.106. The van der Waals surface area contributed by atoms with Crippen molar-refractivity contribution in [3.63, 3.8) is 0 Å². The first-order valence-corrected chi connectivity index (χ1v) is 8.77. The number of aliphatic hydroxyl groups excluding tert-OH is 1. The van der Waals surface area contributed by atoms with Crippen molar-refractivity contribution in [3.8, 4) is 11.4 Å². The van der Waals surface area contributed by atoms with Gasteiger partial charge in [0.1, 0.15) is 5.75 Å². The molecular weight excluding hydrogens is 398 g/mol. The van der Waals surface area contributed by atoms with Gasteiger partial charge in [0.15, 0.2) is 0 Å². The van der Waals surface area contributed by atoms with Crippen molar-refractivity contribution in [2.24, 2.45) is 0 Å². The Morgan fingerprint density at radius 1 is 1.23 bits per heavy atom. The van der Waals surface area contributed by atoms with E-state index in [2.05, 4.69) is 26.3 Å². The summed E-state index contributed by atoms with van der Waals surface area (Å²) in [7, 11) is 1.58. The van der Waals surface area contributed by atoms with Gasteiger partial charge in [-0.1, -0.05) is 28.1 Å². The maximum atomic E-state index is 12.3. The van der Waals surface area contributed by atoms with Crippen molar-refractivity contribution < 1.29 is 14.6 Å². The molecule has 3 aromatic rings. The number of methoxy groups -OCH3 is 1. The summed E-state index contributed by atoms with van der Waals surface area (Å²) in [5.41, 5.74) is 1.98. The highest BCUT2D eigenvalue weighted by molar-refractivity contribution is 9.10. The normalized spacial score (nSPS) is 11.8. The Labute approximate surface area is 159 Å². The quantitative estimate of drug-likeness (QED) is 0.648. The lowest BCUT2D eigenvalue weighted by Gasteiger charge is -2.12. The van der Waals surface area contributed by atoms with Gasteiger partial charge < -0.3 is 15.2 Å². The van der Waals surface area contributed by atoms with Crippen LogP contribution in [0.2, 0.25) is 0 Å². The number of hydrogen-bond donors (Lipinski definition) is 2. The third kappa shape index (κ3) is 4.30. The summed E-state index contributed by atoms with van der Waals surface area (Å²) in [4.78, 5) is 12.3. The lowest BCUT2D eigenvalue weighted by Crippen LogP contribution is -2.28. The second-order valence-electron chi connectivity index (χ2n) is 5.65. The number of ether oxygens (including phenoxy) is 1. The van der Waals surface area contributed by atoms with Crippen LogP contribution in [0.15, 0.2) is 65.4 Å². The largest absolute Gasteiger partial charge is 0.497 e. The maximum absolute atomic E-state index is 12.3. The van der Waals surface area contributed by atoms with E-state index in [0.717, 1.165) is 10.2 Å². The van der Waals surface area contributed by atoms with Gasteiger partial charge >= 0.3 is 0 Å². The summed E-state index contributed by atoms with van der Waals surface area (Å²) in [5, 5.41) is 17.1. The summed E-state index contributed by atoms with van der Waals surface area (Å²) in [5.74, 6) is 0.422. The number of amides is 1. The van der Waals surface area contributed by atoms with Gasteiger partial charge in [-0.15, -0.1) is 0 Å². The molecule has 26 heavy (non-hydrogen) atoms. The standard InChI is InChI=1S/C19H18BrN3O3/c1-26-17-8-2-13(3-9-17)18(24)11-21-19(25)14-10-22-23(12-14)16-6-4-15(20)5-7-16/h2-10,12,18,24H,11H2,1H3,(H,21,25). The summed E-state index contributed by atoms with van der Waals surface area (Å²) in [6, 6.07) is 14.7. The Balaban J connectivity index is 1.60. The van der Waals surface area contributed by atoms with Crippen LogP contribution in [0.1, 0.15) is 22.0 Å². The molecule has 0 bridgehead atoms. The molecule has 0 fully saturated rings. The number of carbonyl (C=O) groups excluding carboxylic acids is 1. The van der Waals surface area contributed by atoms with Crippen LogP contribution in [0.5, 0.6) is 5.75 Å². The maximum Gasteiger partial charge on any atom is 0.254 e. The van der Waals surface area contributed by atoms with Crippen molar-refractivity contribution in [1.29, 1.82) is 0 Å². The van der Waals surface area contributed by atoms with E-state index in [0.29, 0.717) is 16.9 Å². The zero-order valence-corrected chi connectivity index (χ0v) is 15.7. The van der Waals surface area contributed by atoms with E-state index >= 15 is 0 Å². The van der Waals surface area contributed by atoms with Gasteiger partial charge in [0.25, 0.3) is 5.91 Å². The number of rotatable bonds is 6. The van der Waals surface area contributed by atoms with Gasteiger partial charge in [-0.3, -0.25) is 4.79 Å². The molecule has 1 amide bonds. The molecule has 0 radical (unpaired) electrons. The number of nitrogens with zero attached hydrogens (tertiary/aromatic N) is 2. The van der Waals surface area contributed by atoms with Gasteiger partial charge in [-0.25, -0.2) is 4.68 Å². The predicted octanol–water partition coefficient (Wildman–Crippen LogP) is 3.11. The predicted molar refractivity (Wildman–Crippen MR) is 102 cm³/mol. The first-order chi connectivity index (χ1) is 12.6. The minimum absolute atomic E-state index is 0.106. The minimum Gasteiger partial charge on any atom is -0.497 e. The van der Waals surface area contributed by atoms with E-state index in [1.54, 1.807) is 42.3 Å². The van der Waals surface area contributed by atoms with Gasteiger partial charge in [0.2, 0.25) is 0 Å². The molecule has 1 aromatic heterocycles. The Morgan fingerprint density at radius 2 is 1.92 bits per heavy atom. The molecule has 1 heterocycles. The van der Waals surface area contributed by atoms with Crippen molar-refractivity contribution in [2.45, 2.75) is 6.10 Å². The summed E-state index contributed by atoms with van der Waals surface area (Å²) >= 11 is 3.38. The second kappa shape index (κ2) is 8.16. The van der Waals surface area contributed by atoms with E-state index < -0.39 is 6.10 Å². The van der Waals surface area contributed by atoms with Crippen molar-refractivity contribution >= 4 is 21.8 Å². The third-order valence-electron chi connectivity index (χ3n) is 3.89. The van der Waals surface area contributed by atoms with Crippen LogP contribution < -0.4 is 10.1 Å². The molecule has 2 aromatic carbocycles. The zero-order chi connectivity index (χ0) is 18.5. The number of carbonyl (C=O) groups is 1. The van der Waals surface area contributed by atoms with Crippen LogP contribution in [0.25, 0.3) is 5.69 Å². The highest BCUT2D eigenvalue weighted by Gasteiger charge is 2.13. The van der Waals surface area contributed by atoms with E-state index in [-0.39, 0.29) is 12.5 Å². The molecule has 134 valence electrons. The number of benzene rings is 2. The van der Waals surface area contributed by atoms with E-state index in [9.17, 15) is 9.90 Å². The van der Waals surface area contributed by atoms with Crippen LogP contribution in [-0.4, -0.2) is 34.4 Å². The fraction of sp³-hybridized carbons (Fsp3) is 0.158. The third-order valence-corrected chi connectivity index (χ3v) is 4.42. The molecule has 2 N–H and O–H groups in total. The molecule has 0 saturated heterocycles. The van der Waals surface area contributed by atoms with Crippen LogP contribution in [0, 0.1) is 0 Å². The Bertz CT molecular complexity index is 876. The number of hydrogen-bond acceptors (Lipinski definition) is 4. The smallest absolute Gasteiger partial charge is 0.254 e. The number of halogens is 1. The van der Waals surface area contributed by atoms with Crippen molar-refractivity contribution in [1.82, 2.24) is 15.1 Å². The molecule has 7 heteroatoms. The van der Waals surface area contributed by atoms with Crippen molar-refractivity contribution in [3.05, 3.63) is 76.5 Å². The highest BCUT2D eigenvalue weighted by Crippen LogP contribution is 2.17. The van der Waals surface area contributed by atoms with Gasteiger partial charge in [-0.2, -0.15) is 5.10 Å².